The molecule has 120 valence electrons. The van der Waals surface area contributed by atoms with Gasteiger partial charge in [0.05, 0.1) is 13.2 Å². The van der Waals surface area contributed by atoms with Crippen molar-refractivity contribution in [3.05, 3.63) is 11.8 Å². The molecule has 7 heteroatoms. The summed E-state index contributed by atoms with van der Waals surface area (Å²) in [6, 6.07) is 0. The molecule has 0 aromatic heterocycles. The second-order valence-corrected chi connectivity index (χ2v) is 4.15. The molecule has 0 saturated heterocycles. The number of carbonyl (C=O) groups excluding carboxylic acids is 3. The van der Waals surface area contributed by atoms with Crippen LogP contribution in [-0.4, -0.2) is 42.7 Å². The quantitative estimate of drug-likeness (QED) is 0.376. The van der Waals surface area contributed by atoms with E-state index in [9.17, 15) is 23.9 Å². The zero-order valence-electron chi connectivity index (χ0n) is 12.3. The minimum atomic E-state index is -1.10. The number of hydrogen-bond donors (Lipinski definition) is 1. The van der Waals surface area contributed by atoms with E-state index in [1.165, 1.54) is 0 Å². The molecule has 1 unspecified atom stereocenters. The van der Waals surface area contributed by atoms with Crippen molar-refractivity contribution in [1.82, 2.24) is 0 Å². The van der Waals surface area contributed by atoms with E-state index < -0.39 is 42.5 Å². The molecule has 0 rings (SSSR count). The Bertz CT molecular complexity index is 391. The number of carbonyl (C=O) groups is 3. The zero-order chi connectivity index (χ0) is 16.3. The van der Waals surface area contributed by atoms with Crippen molar-refractivity contribution in [2.45, 2.75) is 33.1 Å². The lowest BCUT2D eigenvalue weighted by Gasteiger charge is -2.14. The fourth-order valence-electron chi connectivity index (χ4n) is 1.62. The Labute approximate surface area is 122 Å². The molecule has 0 aromatic carbocycles. The molecule has 0 bridgehead atoms. The van der Waals surface area contributed by atoms with Crippen molar-refractivity contribution >= 4 is 17.7 Å². The van der Waals surface area contributed by atoms with Crippen LogP contribution in [-0.2, 0) is 23.9 Å². The van der Waals surface area contributed by atoms with Crippen molar-refractivity contribution < 1.29 is 33.4 Å². The molecule has 1 atom stereocenters. The fourth-order valence-corrected chi connectivity index (χ4v) is 1.62. The molecule has 0 radical (unpaired) electrons. The predicted molar refractivity (Wildman–Crippen MR) is 72.3 cm³/mol. The Kier molecular flexibility index (Phi) is 9.83. The summed E-state index contributed by atoms with van der Waals surface area (Å²) < 4.78 is 21.6. The van der Waals surface area contributed by atoms with Crippen molar-refractivity contribution in [3.63, 3.8) is 0 Å². The standard InChI is InChI=1S/C14H21FO6/c1-3-20-13(18)9-10(16)5-6-11(12(17)7-8-15)14(19)21-4-2/h7,11,17H,3-6,8-9H2,1-2H3/b12-7-. The maximum atomic E-state index is 12.2. The molecular weight excluding hydrogens is 283 g/mol. The summed E-state index contributed by atoms with van der Waals surface area (Å²) in [7, 11) is 0. The molecular formula is C14H21FO6. The molecule has 0 spiro atoms. The largest absolute Gasteiger partial charge is 0.512 e. The summed E-state index contributed by atoms with van der Waals surface area (Å²) in [5, 5.41) is 9.60. The SMILES string of the molecule is CCOC(=O)CC(=O)CCC(C(=O)OCC)/C(O)=C/CF. The Morgan fingerprint density at radius 2 is 1.81 bits per heavy atom. The van der Waals surface area contributed by atoms with E-state index in [0.717, 1.165) is 6.08 Å². The molecule has 6 nitrogen and oxygen atoms in total. The number of hydrogen-bond acceptors (Lipinski definition) is 6. The van der Waals surface area contributed by atoms with Gasteiger partial charge in [-0.25, -0.2) is 4.39 Å². The molecule has 0 fully saturated rings. The van der Waals surface area contributed by atoms with Gasteiger partial charge in [-0.05, 0) is 26.3 Å². The number of ether oxygens (including phenoxy) is 2. The van der Waals surface area contributed by atoms with E-state index in [0.29, 0.717) is 0 Å². The molecule has 21 heavy (non-hydrogen) atoms. The van der Waals surface area contributed by atoms with Crippen LogP contribution >= 0.6 is 0 Å². The summed E-state index contributed by atoms with van der Waals surface area (Å²) in [4.78, 5) is 34.3. The number of aliphatic hydroxyl groups excluding tert-OH is 1. The van der Waals surface area contributed by atoms with E-state index in [4.69, 9.17) is 4.74 Å². The van der Waals surface area contributed by atoms with Gasteiger partial charge in [0, 0.05) is 6.42 Å². The van der Waals surface area contributed by atoms with Crippen LogP contribution in [0.5, 0.6) is 0 Å². The first kappa shape index (κ1) is 19.1. The van der Waals surface area contributed by atoms with Crippen molar-refractivity contribution in [1.29, 1.82) is 0 Å². The third-order valence-corrected chi connectivity index (χ3v) is 2.57. The lowest BCUT2D eigenvalue weighted by molar-refractivity contribution is -0.147. The summed E-state index contributed by atoms with van der Waals surface area (Å²) in [6.07, 6.45) is 0.278. The molecule has 0 aromatic rings. The highest BCUT2D eigenvalue weighted by atomic mass is 19.1. The number of allylic oxidation sites excluding steroid dienone is 1. The van der Waals surface area contributed by atoms with Crippen LogP contribution in [0.15, 0.2) is 11.8 Å². The van der Waals surface area contributed by atoms with Crippen LogP contribution in [0.4, 0.5) is 4.39 Å². The van der Waals surface area contributed by atoms with E-state index in [2.05, 4.69) is 4.74 Å². The summed E-state index contributed by atoms with van der Waals surface area (Å²) in [6.45, 7) is 2.57. The number of ketones is 1. The first-order valence-corrected chi connectivity index (χ1v) is 6.75. The second kappa shape index (κ2) is 10.8. The summed E-state index contributed by atoms with van der Waals surface area (Å²) >= 11 is 0. The first-order chi connectivity index (χ1) is 9.96. The predicted octanol–water partition coefficient (Wildman–Crippen LogP) is 1.88. The lowest BCUT2D eigenvalue weighted by atomic mass is 9.98. The zero-order valence-corrected chi connectivity index (χ0v) is 12.3. The molecule has 0 aliphatic carbocycles. The normalized spacial score (nSPS) is 12.6. The van der Waals surface area contributed by atoms with E-state index in [-0.39, 0.29) is 26.1 Å². The van der Waals surface area contributed by atoms with Crippen LogP contribution in [0, 0.1) is 5.92 Å². The van der Waals surface area contributed by atoms with E-state index >= 15 is 0 Å². The van der Waals surface area contributed by atoms with Gasteiger partial charge in [0.1, 0.15) is 30.6 Å². The maximum absolute atomic E-state index is 12.2. The van der Waals surface area contributed by atoms with Crippen molar-refractivity contribution in [2.24, 2.45) is 5.92 Å². The van der Waals surface area contributed by atoms with Crippen molar-refractivity contribution in [2.75, 3.05) is 19.9 Å². The average molecular weight is 304 g/mol. The minimum Gasteiger partial charge on any atom is -0.512 e. The molecule has 0 aliphatic heterocycles. The first-order valence-electron chi connectivity index (χ1n) is 6.75. The summed E-state index contributed by atoms with van der Waals surface area (Å²) in [5.41, 5.74) is 0. The van der Waals surface area contributed by atoms with E-state index in [1.54, 1.807) is 13.8 Å². The van der Waals surface area contributed by atoms with Gasteiger partial charge >= 0.3 is 11.9 Å². The molecule has 0 amide bonds. The molecule has 0 saturated carbocycles. The maximum Gasteiger partial charge on any atom is 0.316 e. The topological polar surface area (TPSA) is 89.9 Å². The number of esters is 2. The van der Waals surface area contributed by atoms with Crippen LogP contribution in [0.2, 0.25) is 0 Å². The van der Waals surface area contributed by atoms with Gasteiger partial charge in [0.25, 0.3) is 0 Å². The fraction of sp³-hybridized carbons (Fsp3) is 0.643. The number of aliphatic hydroxyl groups is 1. The third-order valence-electron chi connectivity index (χ3n) is 2.57. The van der Waals surface area contributed by atoms with Gasteiger partial charge in [-0.1, -0.05) is 0 Å². The molecule has 0 heterocycles. The number of alkyl halides is 1. The van der Waals surface area contributed by atoms with Crippen LogP contribution in [0.25, 0.3) is 0 Å². The highest BCUT2D eigenvalue weighted by Crippen LogP contribution is 2.18. The Balaban J connectivity index is 4.54. The number of Topliss-reactive ketones (excluding diaryl/α,β-unsaturated/α-hetero) is 1. The summed E-state index contributed by atoms with van der Waals surface area (Å²) in [5.74, 6) is -3.37. The van der Waals surface area contributed by atoms with Crippen LogP contribution < -0.4 is 0 Å². The third kappa shape index (κ3) is 8.06. The van der Waals surface area contributed by atoms with Crippen LogP contribution in [0.1, 0.15) is 33.1 Å². The smallest absolute Gasteiger partial charge is 0.316 e. The van der Waals surface area contributed by atoms with Crippen molar-refractivity contribution in [3.8, 4) is 0 Å². The van der Waals surface area contributed by atoms with Gasteiger partial charge in [-0.15, -0.1) is 0 Å². The monoisotopic (exact) mass is 304 g/mol. The average Bonchev–Trinajstić information content (AvgIpc) is 2.39. The Morgan fingerprint density at radius 1 is 1.19 bits per heavy atom. The molecule has 0 aliphatic rings. The highest BCUT2D eigenvalue weighted by molar-refractivity contribution is 5.95. The van der Waals surface area contributed by atoms with Gasteiger partial charge < -0.3 is 14.6 Å². The second-order valence-electron chi connectivity index (χ2n) is 4.15. The number of halogens is 1. The Morgan fingerprint density at radius 3 is 2.33 bits per heavy atom. The van der Waals surface area contributed by atoms with Gasteiger partial charge in [0.15, 0.2) is 0 Å². The van der Waals surface area contributed by atoms with Crippen LogP contribution in [0.3, 0.4) is 0 Å². The highest BCUT2D eigenvalue weighted by Gasteiger charge is 2.25. The van der Waals surface area contributed by atoms with Gasteiger partial charge in [0.2, 0.25) is 0 Å². The lowest BCUT2D eigenvalue weighted by Crippen LogP contribution is -2.22. The number of rotatable bonds is 10. The van der Waals surface area contributed by atoms with Gasteiger partial charge in [-0.3, -0.25) is 14.4 Å². The van der Waals surface area contributed by atoms with Gasteiger partial charge in [-0.2, -0.15) is 0 Å². The molecule has 1 N–H and O–H groups in total. The Hall–Kier alpha value is -1.92. The van der Waals surface area contributed by atoms with E-state index in [1.807, 2.05) is 0 Å². The minimum absolute atomic E-state index is 0.0561.